The van der Waals surface area contributed by atoms with Crippen molar-refractivity contribution in [2.75, 3.05) is 26.8 Å². The smallest absolute Gasteiger partial charge is 0.308 e. The summed E-state index contributed by atoms with van der Waals surface area (Å²) >= 11 is 0. The Balaban J connectivity index is 1.93. The van der Waals surface area contributed by atoms with E-state index in [0.29, 0.717) is 44.0 Å². The first-order valence-electron chi connectivity index (χ1n) is 7.11. The number of pyridine rings is 1. The molecule has 1 aliphatic heterocycles. The third kappa shape index (κ3) is 3.71. The van der Waals surface area contributed by atoms with Gasteiger partial charge in [0, 0.05) is 25.4 Å². The summed E-state index contributed by atoms with van der Waals surface area (Å²) < 4.78 is 9.99. The van der Waals surface area contributed by atoms with Gasteiger partial charge in [-0.3, -0.25) is 9.59 Å². The summed E-state index contributed by atoms with van der Waals surface area (Å²) in [5.74, 6) is 0.162. The van der Waals surface area contributed by atoms with Crippen LogP contribution in [0.1, 0.15) is 30.1 Å². The minimum atomic E-state index is -0.190. The molecule has 0 aliphatic carbocycles. The number of amides is 1. The molecule has 1 amide bonds. The molecular weight excluding hydrogens is 272 g/mol. The van der Waals surface area contributed by atoms with Gasteiger partial charge in [-0.2, -0.15) is 0 Å². The molecule has 0 saturated carbocycles. The van der Waals surface area contributed by atoms with Crippen LogP contribution in [-0.4, -0.2) is 48.6 Å². The van der Waals surface area contributed by atoms with Gasteiger partial charge >= 0.3 is 5.97 Å². The maximum atomic E-state index is 12.3. The molecule has 0 unspecified atom stereocenters. The molecule has 0 N–H and O–H groups in total. The maximum Gasteiger partial charge on any atom is 0.308 e. The first kappa shape index (κ1) is 15.3. The monoisotopic (exact) mass is 292 g/mol. The molecule has 6 nitrogen and oxygen atoms in total. The lowest BCUT2D eigenvalue weighted by atomic mass is 9.96. The molecule has 0 radical (unpaired) electrons. The molecule has 0 spiro atoms. The average Bonchev–Trinajstić information content (AvgIpc) is 2.54. The second-order valence-corrected chi connectivity index (χ2v) is 4.91. The van der Waals surface area contributed by atoms with Crippen LogP contribution in [0.2, 0.25) is 0 Å². The highest BCUT2D eigenvalue weighted by atomic mass is 16.5. The molecule has 1 saturated heterocycles. The lowest BCUT2D eigenvalue weighted by molar-refractivity contribution is -0.146. The van der Waals surface area contributed by atoms with E-state index in [9.17, 15) is 9.59 Å². The summed E-state index contributed by atoms with van der Waals surface area (Å²) in [4.78, 5) is 29.7. The molecule has 21 heavy (non-hydrogen) atoms. The second-order valence-electron chi connectivity index (χ2n) is 4.91. The van der Waals surface area contributed by atoms with Crippen molar-refractivity contribution in [3.63, 3.8) is 0 Å². The Bertz CT molecular complexity index is 493. The highest BCUT2D eigenvalue weighted by Gasteiger charge is 2.28. The van der Waals surface area contributed by atoms with Crippen LogP contribution >= 0.6 is 0 Å². The first-order chi connectivity index (χ1) is 10.2. The van der Waals surface area contributed by atoms with Gasteiger partial charge in [0.05, 0.1) is 25.2 Å². The first-order valence-corrected chi connectivity index (χ1v) is 7.11. The van der Waals surface area contributed by atoms with E-state index in [1.165, 1.54) is 13.3 Å². The van der Waals surface area contributed by atoms with Gasteiger partial charge in [-0.15, -0.1) is 0 Å². The minimum Gasteiger partial charge on any atom is -0.478 e. The largest absolute Gasteiger partial charge is 0.478 e. The predicted molar refractivity (Wildman–Crippen MR) is 76.0 cm³/mol. The molecule has 1 aromatic rings. The number of aromatic nitrogens is 1. The van der Waals surface area contributed by atoms with Gasteiger partial charge < -0.3 is 14.4 Å². The van der Waals surface area contributed by atoms with Crippen molar-refractivity contribution in [2.24, 2.45) is 5.92 Å². The number of piperidine rings is 1. The highest BCUT2D eigenvalue weighted by Crippen LogP contribution is 2.20. The van der Waals surface area contributed by atoms with Gasteiger partial charge in [-0.25, -0.2) is 4.98 Å². The van der Waals surface area contributed by atoms with Crippen molar-refractivity contribution in [2.45, 2.75) is 19.8 Å². The Morgan fingerprint density at radius 2 is 2.05 bits per heavy atom. The third-order valence-corrected chi connectivity index (χ3v) is 3.59. The van der Waals surface area contributed by atoms with E-state index in [0.717, 1.165) is 0 Å². The number of carbonyl (C=O) groups excluding carboxylic acids is 2. The van der Waals surface area contributed by atoms with Gasteiger partial charge in [-0.1, -0.05) is 0 Å². The van der Waals surface area contributed by atoms with Crippen molar-refractivity contribution >= 4 is 11.9 Å². The van der Waals surface area contributed by atoms with Crippen LogP contribution in [0.15, 0.2) is 18.3 Å². The second kappa shape index (κ2) is 7.06. The maximum absolute atomic E-state index is 12.3. The molecule has 0 aromatic carbocycles. The fraction of sp³-hybridized carbons (Fsp3) is 0.533. The summed E-state index contributed by atoms with van der Waals surface area (Å²) in [7, 11) is 1.39. The van der Waals surface area contributed by atoms with E-state index in [4.69, 9.17) is 9.47 Å². The number of hydrogen-bond donors (Lipinski definition) is 0. The van der Waals surface area contributed by atoms with Gasteiger partial charge in [0.1, 0.15) is 0 Å². The SMILES string of the molecule is CCOc1ccc(C(=O)N2CCC(C(=O)OC)CC2)cn1. The van der Waals surface area contributed by atoms with Crippen molar-refractivity contribution < 1.29 is 19.1 Å². The van der Waals surface area contributed by atoms with Crippen LogP contribution in [0.4, 0.5) is 0 Å². The van der Waals surface area contributed by atoms with Crippen molar-refractivity contribution in [3.05, 3.63) is 23.9 Å². The number of rotatable bonds is 4. The van der Waals surface area contributed by atoms with Crippen LogP contribution in [0.5, 0.6) is 5.88 Å². The van der Waals surface area contributed by atoms with E-state index in [-0.39, 0.29) is 17.8 Å². The molecular formula is C15H20N2O4. The molecule has 1 fully saturated rings. The van der Waals surface area contributed by atoms with E-state index in [2.05, 4.69) is 4.98 Å². The van der Waals surface area contributed by atoms with Gasteiger partial charge in [0.15, 0.2) is 0 Å². The summed E-state index contributed by atoms with van der Waals surface area (Å²) in [6, 6.07) is 3.41. The average molecular weight is 292 g/mol. The van der Waals surface area contributed by atoms with Crippen molar-refractivity contribution in [3.8, 4) is 5.88 Å². The molecule has 2 heterocycles. The molecule has 6 heteroatoms. The standard InChI is InChI=1S/C15H20N2O4/c1-3-21-13-5-4-12(10-16-13)14(18)17-8-6-11(7-9-17)15(19)20-2/h4-5,10-11H,3,6-9H2,1-2H3. The van der Waals surface area contributed by atoms with Crippen LogP contribution in [0, 0.1) is 5.92 Å². The zero-order chi connectivity index (χ0) is 15.2. The van der Waals surface area contributed by atoms with Gasteiger partial charge in [0.2, 0.25) is 5.88 Å². The van der Waals surface area contributed by atoms with Gasteiger partial charge in [-0.05, 0) is 25.8 Å². The highest BCUT2D eigenvalue weighted by molar-refractivity contribution is 5.94. The van der Waals surface area contributed by atoms with Crippen LogP contribution in [0.25, 0.3) is 0 Å². The van der Waals surface area contributed by atoms with Crippen molar-refractivity contribution in [1.29, 1.82) is 0 Å². The van der Waals surface area contributed by atoms with E-state index in [1.807, 2.05) is 6.92 Å². The lowest BCUT2D eigenvalue weighted by Gasteiger charge is -2.30. The van der Waals surface area contributed by atoms with Gasteiger partial charge in [0.25, 0.3) is 5.91 Å². The Labute approximate surface area is 124 Å². The lowest BCUT2D eigenvalue weighted by Crippen LogP contribution is -2.40. The number of likely N-dealkylation sites (tertiary alicyclic amines) is 1. The topological polar surface area (TPSA) is 68.7 Å². The quantitative estimate of drug-likeness (QED) is 0.787. The van der Waals surface area contributed by atoms with Crippen molar-refractivity contribution in [1.82, 2.24) is 9.88 Å². The summed E-state index contributed by atoms with van der Waals surface area (Å²) in [6.45, 7) is 3.55. The van der Waals surface area contributed by atoms with Crippen LogP contribution in [0.3, 0.4) is 0 Å². The molecule has 1 aromatic heterocycles. The molecule has 2 rings (SSSR count). The number of methoxy groups -OCH3 is 1. The number of carbonyl (C=O) groups is 2. The third-order valence-electron chi connectivity index (χ3n) is 3.59. The predicted octanol–water partition coefficient (Wildman–Crippen LogP) is 1.51. The zero-order valence-corrected chi connectivity index (χ0v) is 12.4. The number of esters is 1. The Morgan fingerprint density at radius 1 is 1.33 bits per heavy atom. The van der Waals surface area contributed by atoms with E-state index < -0.39 is 0 Å². The van der Waals surface area contributed by atoms with Crippen LogP contribution < -0.4 is 4.74 Å². The number of ether oxygens (including phenoxy) is 2. The molecule has 114 valence electrons. The van der Waals surface area contributed by atoms with E-state index in [1.54, 1.807) is 17.0 Å². The zero-order valence-electron chi connectivity index (χ0n) is 12.4. The Kier molecular flexibility index (Phi) is 5.14. The molecule has 1 aliphatic rings. The summed E-state index contributed by atoms with van der Waals surface area (Å²) in [5, 5.41) is 0. The fourth-order valence-corrected chi connectivity index (χ4v) is 2.41. The number of hydrogen-bond acceptors (Lipinski definition) is 5. The summed E-state index contributed by atoms with van der Waals surface area (Å²) in [6.07, 6.45) is 2.81. The Hall–Kier alpha value is -2.11. The number of nitrogens with zero attached hydrogens (tertiary/aromatic N) is 2. The normalized spacial score (nSPS) is 15.6. The molecule has 0 atom stereocenters. The minimum absolute atomic E-state index is 0.0612. The molecule has 0 bridgehead atoms. The Morgan fingerprint density at radius 3 is 2.57 bits per heavy atom. The van der Waals surface area contributed by atoms with Crippen LogP contribution in [-0.2, 0) is 9.53 Å². The summed E-state index contributed by atoms with van der Waals surface area (Å²) in [5.41, 5.74) is 0.537. The van der Waals surface area contributed by atoms with E-state index >= 15 is 0 Å². The fourth-order valence-electron chi connectivity index (χ4n) is 2.41.